The first-order chi connectivity index (χ1) is 10.2. The summed E-state index contributed by atoms with van der Waals surface area (Å²) in [6.07, 6.45) is 1.57. The van der Waals surface area contributed by atoms with E-state index in [0.29, 0.717) is 11.6 Å². The van der Waals surface area contributed by atoms with Crippen LogP contribution in [-0.2, 0) is 0 Å². The first-order valence-electron chi connectivity index (χ1n) is 6.38. The van der Waals surface area contributed by atoms with E-state index < -0.39 is 0 Å². The van der Waals surface area contributed by atoms with Gasteiger partial charge in [0.1, 0.15) is 28.0 Å². The Morgan fingerprint density at radius 3 is 2.67 bits per heavy atom. The summed E-state index contributed by atoms with van der Waals surface area (Å²) in [7, 11) is 0. The van der Waals surface area contributed by atoms with E-state index >= 15 is 0 Å². The van der Waals surface area contributed by atoms with Gasteiger partial charge in [0.05, 0.1) is 5.52 Å². The van der Waals surface area contributed by atoms with Crippen LogP contribution in [0.4, 0.5) is 5.82 Å². The van der Waals surface area contributed by atoms with Crippen LogP contribution < -0.4 is 11.3 Å². The number of aromatic nitrogens is 4. The van der Waals surface area contributed by atoms with Gasteiger partial charge in [-0.2, -0.15) is 0 Å². The second-order valence-corrected chi connectivity index (χ2v) is 5.47. The van der Waals surface area contributed by atoms with E-state index in [2.05, 4.69) is 25.4 Å². The maximum absolute atomic E-state index is 5.50. The van der Waals surface area contributed by atoms with Crippen LogP contribution >= 0.6 is 11.8 Å². The summed E-state index contributed by atoms with van der Waals surface area (Å²) in [4.78, 5) is 17.4. The molecule has 21 heavy (non-hydrogen) atoms. The lowest BCUT2D eigenvalue weighted by Gasteiger charge is -2.10. The largest absolute Gasteiger partial charge is 0.308 e. The Balaban J connectivity index is 2.09. The number of nitrogens with zero attached hydrogens (tertiary/aromatic N) is 4. The van der Waals surface area contributed by atoms with Gasteiger partial charge in [-0.3, -0.25) is 0 Å². The highest BCUT2D eigenvalue weighted by molar-refractivity contribution is 7.99. The maximum Gasteiger partial charge on any atom is 0.147 e. The molecule has 0 radical (unpaired) electrons. The van der Waals surface area contributed by atoms with E-state index in [4.69, 9.17) is 5.84 Å². The topological polar surface area (TPSA) is 89.6 Å². The number of rotatable bonds is 3. The molecular formula is C14H14N6S. The van der Waals surface area contributed by atoms with Crippen LogP contribution in [0, 0.1) is 13.8 Å². The van der Waals surface area contributed by atoms with Gasteiger partial charge in [0.2, 0.25) is 0 Å². The van der Waals surface area contributed by atoms with Crippen molar-refractivity contribution in [3.63, 3.8) is 0 Å². The van der Waals surface area contributed by atoms with E-state index in [1.807, 2.05) is 38.1 Å². The third-order valence-electron chi connectivity index (χ3n) is 3.05. The predicted molar refractivity (Wildman–Crippen MR) is 83.0 cm³/mol. The molecule has 0 amide bonds. The zero-order chi connectivity index (χ0) is 14.8. The summed E-state index contributed by atoms with van der Waals surface area (Å²) in [5, 5.41) is 2.70. The molecule has 0 aliphatic rings. The number of anilines is 1. The monoisotopic (exact) mass is 298 g/mol. The average molecular weight is 298 g/mol. The summed E-state index contributed by atoms with van der Waals surface area (Å²) in [5.41, 5.74) is 4.41. The molecule has 2 aromatic heterocycles. The lowest BCUT2D eigenvalue weighted by Crippen LogP contribution is -2.12. The smallest absolute Gasteiger partial charge is 0.147 e. The van der Waals surface area contributed by atoms with E-state index in [1.54, 1.807) is 6.33 Å². The molecule has 0 bridgehead atoms. The molecule has 106 valence electrons. The van der Waals surface area contributed by atoms with Crippen LogP contribution in [-0.4, -0.2) is 19.9 Å². The Bertz CT molecular complexity index is 799. The molecule has 0 aliphatic heterocycles. The number of para-hydroxylation sites is 1. The predicted octanol–water partition coefficient (Wildman–Crippen LogP) is 2.47. The van der Waals surface area contributed by atoms with Crippen molar-refractivity contribution in [2.45, 2.75) is 23.9 Å². The molecule has 0 atom stereocenters. The molecule has 1 aromatic carbocycles. The standard InChI is InChI=1S/C14H14N6S/c1-8-12(20-15)18-9(2)19-13(8)21-14-10-5-3-4-6-11(10)16-7-17-14/h3-7H,15H2,1-2H3,(H,18,19,20). The molecule has 3 aromatic rings. The SMILES string of the molecule is Cc1nc(NN)c(C)c(Sc2ncnc3ccccc23)n1. The third-order valence-corrected chi connectivity index (χ3v) is 4.16. The number of nitrogens with two attached hydrogens (primary N) is 1. The molecule has 2 heterocycles. The van der Waals surface area contributed by atoms with Crippen LogP contribution in [0.5, 0.6) is 0 Å². The summed E-state index contributed by atoms with van der Waals surface area (Å²) in [6.45, 7) is 3.77. The van der Waals surface area contributed by atoms with Gasteiger partial charge in [-0.25, -0.2) is 25.8 Å². The van der Waals surface area contributed by atoms with Crippen LogP contribution in [0.25, 0.3) is 10.9 Å². The van der Waals surface area contributed by atoms with Gasteiger partial charge in [-0.1, -0.05) is 18.2 Å². The molecule has 3 N–H and O–H groups in total. The van der Waals surface area contributed by atoms with E-state index in [9.17, 15) is 0 Å². The highest BCUT2D eigenvalue weighted by atomic mass is 32.2. The fraction of sp³-hybridized carbons (Fsp3) is 0.143. The normalized spacial score (nSPS) is 10.8. The molecule has 6 nitrogen and oxygen atoms in total. The van der Waals surface area contributed by atoms with Crippen molar-refractivity contribution < 1.29 is 0 Å². The number of hydrazine groups is 1. The Hall–Kier alpha value is -2.25. The number of hydrogen-bond acceptors (Lipinski definition) is 7. The second kappa shape index (κ2) is 5.63. The summed E-state index contributed by atoms with van der Waals surface area (Å²) in [5.74, 6) is 6.79. The van der Waals surface area contributed by atoms with Crippen LogP contribution in [0.2, 0.25) is 0 Å². The third kappa shape index (κ3) is 2.65. The maximum atomic E-state index is 5.50. The molecule has 0 unspecified atom stereocenters. The summed E-state index contributed by atoms with van der Waals surface area (Å²) < 4.78 is 0. The van der Waals surface area contributed by atoms with Crippen LogP contribution in [0.1, 0.15) is 11.4 Å². The Morgan fingerprint density at radius 2 is 1.86 bits per heavy atom. The van der Waals surface area contributed by atoms with Crippen molar-refractivity contribution in [3.8, 4) is 0 Å². The minimum atomic E-state index is 0.628. The van der Waals surface area contributed by atoms with E-state index in [1.165, 1.54) is 11.8 Å². The van der Waals surface area contributed by atoms with Gasteiger partial charge in [0.15, 0.2) is 0 Å². The van der Waals surface area contributed by atoms with Crippen molar-refractivity contribution >= 4 is 28.5 Å². The number of fused-ring (bicyclic) bond motifs is 1. The Morgan fingerprint density at radius 1 is 1.05 bits per heavy atom. The second-order valence-electron chi connectivity index (χ2n) is 4.49. The molecule has 0 saturated carbocycles. The number of hydrogen-bond donors (Lipinski definition) is 2. The van der Waals surface area contributed by atoms with E-state index in [-0.39, 0.29) is 0 Å². The molecule has 3 rings (SSSR count). The van der Waals surface area contributed by atoms with Gasteiger partial charge in [-0.15, -0.1) is 0 Å². The minimum Gasteiger partial charge on any atom is -0.308 e. The number of nitrogen functional groups attached to an aromatic ring is 1. The number of aryl methyl sites for hydroxylation is 1. The molecule has 0 fully saturated rings. The fourth-order valence-electron chi connectivity index (χ4n) is 2.00. The first-order valence-corrected chi connectivity index (χ1v) is 7.20. The Kier molecular flexibility index (Phi) is 3.68. The number of benzene rings is 1. The van der Waals surface area contributed by atoms with Gasteiger partial charge >= 0.3 is 0 Å². The van der Waals surface area contributed by atoms with Crippen molar-refractivity contribution in [1.82, 2.24) is 19.9 Å². The zero-order valence-corrected chi connectivity index (χ0v) is 12.5. The van der Waals surface area contributed by atoms with Crippen molar-refractivity contribution in [2.75, 3.05) is 5.43 Å². The minimum absolute atomic E-state index is 0.628. The fourth-order valence-corrected chi connectivity index (χ4v) is 2.99. The average Bonchev–Trinajstić information content (AvgIpc) is 2.51. The highest BCUT2D eigenvalue weighted by Crippen LogP contribution is 2.33. The Labute approximate surface area is 126 Å². The van der Waals surface area contributed by atoms with Gasteiger partial charge in [0, 0.05) is 10.9 Å². The lowest BCUT2D eigenvalue weighted by atomic mass is 10.2. The lowest BCUT2D eigenvalue weighted by molar-refractivity contribution is 0.933. The zero-order valence-electron chi connectivity index (χ0n) is 11.7. The first kappa shape index (κ1) is 13.7. The molecular weight excluding hydrogens is 284 g/mol. The quantitative estimate of drug-likeness (QED) is 0.436. The van der Waals surface area contributed by atoms with Crippen molar-refractivity contribution in [1.29, 1.82) is 0 Å². The van der Waals surface area contributed by atoms with Crippen LogP contribution in [0.15, 0.2) is 40.6 Å². The summed E-state index contributed by atoms with van der Waals surface area (Å²) >= 11 is 1.49. The molecule has 7 heteroatoms. The van der Waals surface area contributed by atoms with Crippen molar-refractivity contribution in [2.24, 2.45) is 5.84 Å². The molecule has 0 aliphatic carbocycles. The van der Waals surface area contributed by atoms with Gasteiger partial charge in [0.25, 0.3) is 0 Å². The van der Waals surface area contributed by atoms with Crippen LogP contribution in [0.3, 0.4) is 0 Å². The number of nitrogens with one attached hydrogen (secondary N) is 1. The summed E-state index contributed by atoms with van der Waals surface area (Å²) in [6, 6.07) is 7.90. The van der Waals surface area contributed by atoms with E-state index in [0.717, 1.165) is 26.5 Å². The highest BCUT2D eigenvalue weighted by Gasteiger charge is 2.12. The van der Waals surface area contributed by atoms with Gasteiger partial charge < -0.3 is 5.43 Å². The van der Waals surface area contributed by atoms with Gasteiger partial charge in [-0.05, 0) is 31.7 Å². The molecule has 0 saturated heterocycles. The molecule has 0 spiro atoms. The van der Waals surface area contributed by atoms with Crippen molar-refractivity contribution in [3.05, 3.63) is 42.0 Å².